The van der Waals surface area contributed by atoms with Crippen molar-refractivity contribution in [3.8, 4) is 5.75 Å². The molecule has 2 aromatic carbocycles. The van der Waals surface area contributed by atoms with Crippen LogP contribution in [0.25, 0.3) is 0 Å². The second-order valence-electron chi connectivity index (χ2n) is 5.75. The predicted octanol–water partition coefficient (Wildman–Crippen LogP) is 3.53. The van der Waals surface area contributed by atoms with Crippen LogP contribution in [0.5, 0.6) is 5.75 Å². The summed E-state index contributed by atoms with van der Waals surface area (Å²) >= 11 is 0. The molecule has 27 heavy (non-hydrogen) atoms. The summed E-state index contributed by atoms with van der Waals surface area (Å²) < 4.78 is 18.6. The van der Waals surface area contributed by atoms with Gasteiger partial charge in [0, 0.05) is 24.6 Å². The van der Waals surface area contributed by atoms with E-state index in [-0.39, 0.29) is 11.7 Å². The monoisotopic (exact) mass is 366 g/mol. The van der Waals surface area contributed by atoms with E-state index < -0.39 is 0 Å². The van der Waals surface area contributed by atoms with E-state index in [1.54, 1.807) is 49.6 Å². The normalized spacial score (nSPS) is 10.3. The number of aromatic nitrogens is 2. The van der Waals surface area contributed by atoms with Crippen molar-refractivity contribution in [2.45, 2.75) is 6.42 Å². The van der Waals surface area contributed by atoms with Crippen molar-refractivity contribution in [2.75, 3.05) is 24.3 Å². The van der Waals surface area contributed by atoms with Crippen molar-refractivity contribution in [1.82, 2.24) is 9.97 Å². The molecule has 3 aromatic rings. The largest absolute Gasteiger partial charge is 0.497 e. The zero-order valence-corrected chi connectivity index (χ0v) is 14.8. The van der Waals surface area contributed by atoms with Crippen LogP contribution in [0.3, 0.4) is 0 Å². The first-order chi connectivity index (χ1) is 13.2. The molecule has 1 heterocycles. The highest BCUT2D eigenvalue weighted by Gasteiger charge is 2.08. The third kappa shape index (κ3) is 5.01. The minimum Gasteiger partial charge on any atom is -0.497 e. The molecule has 0 saturated heterocycles. The van der Waals surface area contributed by atoms with Gasteiger partial charge in [-0.15, -0.1) is 0 Å². The number of carbonyl (C=O) groups excluding carboxylic acids is 1. The summed E-state index contributed by atoms with van der Waals surface area (Å²) in [5.74, 6) is 0.554. The van der Waals surface area contributed by atoms with Crippen LogP contribution < -0.4 is 15.4 Å². The second-order valence-corrected chi connectivity index (χ2v) is 5.75. The number of hydrogen-bond donors (Lipinski definition) is 2. The maximum atomic E-state index is 13.6. The van der Waals surface area contributed by atoms with Crippen molar-refractivity contribution in [1.29, 1.82) is 0 Å². The molecule has 6 nitrogen and oxygen atoms in total. The lowest BCUT2D eigenvalue weighted by Gasteiger charge is -2.08. The number of nitrogens with one attached hydrogen (secondary N) is 2. The quantitative estimate of drug-likeness (QED) is 0.669. The lowest BCUT2D eigenvalue weighted by molar-refractivity contribution is 0.102. The van der Waals surface area contributed by atoms with Crippen molar-refractivity contribution in [2.24, 2.45) is 0 Å². The van der Waals surface area contributed by atoms with E-state index in [9.17, 15) is 9.18 Å². The highest BCUT2D eigenvalue weighted by atomic mass is 19.1. The molecular weight excluding hydrogens is 347 g/mol. The Kier molecular flexibility index (Phi) is 5.94. The average molecular weight is 366 g/mol. The van der Waals surface area contributed by atoms with Crippen LogP contribution in [-0.2, 0) is 6.42 Å². The number of rotatable bonds is 7. The molecule has 0 radical (unpaired) electrons. The van der Waals surface area contributed by atoms with Crippen LogP contribution in [0.4, 0.5) is 16.0 Å². The fourth-order valence-corrected chi connectivity index (χ4v) is 2.42. The van der Waals surface area contributed by atoms with Gasteiger partial charge in [0.1, 0.15) is 11.6 Å². The fourth-order valence-electron chi connectivity index (χ4n) is 2.42. The fraction of sp³-hybridized carbons (Fsp3) is 0.150. The number of benzene rings is 2. The van der Waals surface area contributed by atoms with Crippen molar-refractivity contribution in [3.63, 3.8) is 0 Å². The first-order valence-corrected chi connectivity index (χ1v) is 8.40. The topological polar surface area (TPSA) is 76.1 Å². The molecule has 7 heteroatoms. The molecule has 0 saturated carbocycles. The van der Waals surface area contributed by atoms with Gasteiger partial charge in [-0.2, -0.15) is 0 Å². The summed E-state index contributed by atoms with van der Waals surface area (Å²) in [6.07, 6.45) is 3.39. The molecule has 0 atom stereocenters. The third-order valence-electron chi connectivity index (χ3n) is 3.90. The predicted molar refractivity (Wildman–Crippen MR) is 102 cm³/mol. The van der Waals surface area contributed by atoms with Crippen molar-refractivity contribution >= 4 is 17.5 Å². The van der Waals surface area contributed by atoms with Gasteiger partial charge in [0.2, 0.25) is 5.95 Å². The summed E-state index contributed by atoms with van der Waals surface area (Å²) in [4.78, 5) is 20.5. The Morgan fingerprint density at radius 3 is 2.44 bits per heavy atom. The van der Waals surface area contributed by atoms with Crippen LogP contribution in [-0.4, -0.2) is 29.5 Å². The number of hydrogen-bond acceptors (Lipinski definition) is 5. The molecule has 0 unspecified atom stereocenters. The Labute approximate surface area is 156 Å². The molecule has 1 amide bonds. The molecule has 0 aliphatic rings. The molecule has 3 rings (SSSR count). The van der Waals surface area contributed by atoms with Crippen LogP contribution in [0.1, 0.15) is 15.9 Å². The van der Waals surface area contributed by atoms with Gasteiger partial charge in [-0.1, -0.05) is 18.2 Å². The van der Waals surface area contributed by atoms with E-state index in [4.69, 9.17) is 4.74 Å². The Hall–Kier alpha value is -3.48. The zero-order chi connectivity index (χ0) is 19.1. The molecule has 0 bridgehead atoms. The minimum atomic E-state index is -0.307. The smallest absolute Gasteiger partial charge is 0.258 e. The molecule has 2 N–H and O–H groups in total. The standard InChI is InChI=1S/C20H19FN4O2/c1-27-17-8-6-16(7-9-17)25-19(26)15-12-23-20(24-13-15)22-11-10-14-4-2-3-5-18(14)21/h2-9,12-13H,10-11H2,1H3,(H,25,26)(H,22,23,24). The Bertz CT molecular complexity index is 899. The Morgan fingerprint density at radius 2 is 1.78 bits per heavy atom. The van der Waals surface area contributed by atoms with E-state index >= 15 is 0 Å². The molecule has 0 spiro atoms. The summed E-state index contributed by atoms with van der Waals surface area (Å²) in [6, 6.07) is 13.6. The number of anilines is 2. The maximum Gasteiger partial charge on any atom is 0.258 e. The van der Waals surface area contributed by atoms with E-state index in [2.05, 4.69) is 20.6 Å². The number of halogens is 1. The molecule has 138 valence electrons. The van der Waals surface area contributed by atoms with E-state index in [1.165, 1.54) is 18.5 Å². The van der Waals surface area contributed by atoms with Crippen LogP contribution in [0.15, 0.2) is 60.9 Å². The number of carbonyl (C=O) groups is 1. The van der Waals surface area contributed by atoms with Gasteiger partial charge in [0.05, 0.1) is 12.7 Å². The summed E-state index contributed by atoms with van der Waals surface area (Å²) in [5.41, 5.74) is 1.61. The molecular formula is C20H19FN4O2. The number of methoxy groups -OCH3 is 1. The number of ether oxygens (including phenoxy) is 1. The maximum absolute atomic E-state index is 13.6. The number of nitrogens with zero attached hydrogens (tertiary/aromatic N) is 2. The average Bonchev–Trinajstić information content (AvgIpc) is 2.70. The lowest BCUT2D eigenvalue weighted by Crippen LogP contribution is -2.14. The first kappa shape index (κ1) is 18.3. The SMILES string of the molecule is COc1ccc(NC(=O)c2cnc(NCCc3ccccc3F)nc2)cc1. The summed E-state index contributed by atoms with van der Waals surface area (Å²) in [6.45, 7) is 0.484. The molecule has 0 fully saturated rings. The van der Waals surface area contributed by atoms with Crippen LogP contribution in [0, 0.1) is 5.82 Å². The van der Waals surface area contributed by atoms with Gasteiger partial charge in [-0.05, 0) is 42.3 Å². The summed E-state index contributed by atoms with van der Waals surface area (Å²) in [5, 5.41) is 5.78. The van der Waals surface area contributed by atoms with Gasteiger partial charge in [0.25, 0.3) is 5.91 Å². The van der Waals surface area contributed by atoms with Gasteiger partial charge < -0.3 is 15.4 Å². The van der Waals surface area contributed by atoms with Crippen molar-refractivity contribution in [3.05, 3.63) is 77.9 Å². The Balaban J connectivity index is 1.53. The highest BCUT2D eigenvalue weighted by molar-refractivity contribution is 6.03. The number of amides is 1. The first-order valence-electron chi connectivity index (χ1n) is 8.40. The minimum absolute atomic E-state index is 0.231. The van der Waals surface area contributed by atoms with E-state index in [0.717, 1.165) is 0 Å². The van der Waals surface area contributed by atoms with Gasteiger partial charge in [-0.25, -0.2) is 14.4 Å². The molecule has 0 aliphatic carbocycles. The molecule has 1 aromatic heterocycles. The Morgan fingerprint density at radius 1 is 1.07 bits per heavy atom. The molecule has 0 aliphatic heterocycles. The van der Waals surface area contributed by atoms with E-state index in [0.29, 0.717) is 41.5 Å². The van der Waals surface area contributed by atoms with Gasteiger partial charge in [-0.3, -0.25) is 4.79 Å². The van der Waals surface area contributed by atoms with Gasteiger partial charge >= 0.3 is 0 Å². The highest BCUT2D eigenvalue weighted by Crippen LogP contribution is 2.16. The zero-order valence-electron chi connectivity index (χ0n) is 14.8. The van der Waals surface area contributed by atoms with Crippen molar-refractivity contribution < 1.29 is 13.9 Å². The van der Waals surface area contributed by atoms with Crippen LogP contribution in [0.2, 0.25) is 0 Å². The third-order valence-corrected chi connectivity index (χ3v) is 3.90. The lowest BCUT2D eigenvalue weighted by atomic mass is 10.1. The summed E-state index contributed by atoms with van der Waals surface area (Å²) in [7, 11) is 1.58. The second kappa shape index (κ2) is 8.75. The van der Waals surface area contributed by atoms with E-state index in [1.807, 2.05) is 0 Å². The van der Waals surface area contributed by atoms with Gasteiger partial charge in [0.15, 0.2) is 0 Å². The van der Waals surface area contributed by atoms with Crippen LogP contribution >= 0.6 is 0 Å².